The molecule has 4 aromatic rings. The molecule has 0 bridgehead atoms. The number of aryl methyl sites for hydroxylation is 1. The van der Waals surface area contributed by atoms with Crippen LogP contribution in [0.25, 0.3) is 10.9 Å². The molecule has 1 saturated carbocycles. The Bertz CT molecular complexity index is 1330. The van der Waals surface area contributed by atoms with Crippen LogP contribution in [0.2, 0.25) is 0 Å². The first-order valence-electron chi connectivity index (χ1n) is 12.3. The first-order valence-corrected chi connectivity index (χ1v) is 12.3. The van der Waals surface area contributed by atoms with E-state index in [4.69, 9.17) is 10.5 Å². The second-order valence-electron chi connectivity index (χ2n) is 9.27. The highest BCUT2D eigenvalue weighted by molar-refractivity contribution is 5.96. The third-order valence-corrected chi connectivity index (χ3v) is 6.64. The highest BCUT2D eigenvalue weighted by Gasteiger charge is 2.34. The largest absolute Gasteiger partial charge is 0.445 e. The summed E-state index contributed by atoms with van der Waals surface area (Å²) in [7, 11) is 0. The van der Waals surface area contributed by atoms with Gasteiger partial charge in [0.1, 0.15) is 12.6 Å². The van der Waals surface area contributed by atoms with E-state index in [9.17, 15) is 9.59 Å². The molecule has 1 aromatic heterocycles. The molecule has 0 spiro atoms. The van der Waals surface area contributed by atoms with Crippen molar-refractivity contribution in [3.8, 4) is 0 Å². The van der Waals surface area contributed by atoms with Crippen LogP contribution in [0.5, 0.6) is 0 Å². The van der Waals surface area contributed by atoms with Crippen LogP contribution in [0, 0.1) is 0 Å². The second kappa shape index (κ2) is 10.7. The molecule has 3 aromatic carbocycles. The fourth-order valence-corrected chi connectivity index (χ4v) is 4.46. The molecule has 5 rings (SSSR count). The van der Waals surface area contributed by atoms with Gasteiger partial charge in [-0.25, -0.2) is 4.79 Å². The second-order valence-corrected chi connectivity index (χ2v) is 9.27. The monoisotopic (exact) mass is 482 g/mol. The first-order chi connectivity index (χ1) is 17.6. The van der Waals surface area contributed by atoms with Gasteiger partial charge < -0.3 is 26.1 Å². The summed E-state index contributed by atoms with van der Waals surface area (Å²) in [6, 6.07) is 24.7. The smallest absolute Gasteiger partial charge is 0.408 e. The molecule has 1 aliphatic rings. The number of aromatic nitrogens is 1. The van der Waals surface area contributed by atoms with Gasteiger partial charge in [-0.15, -0.1) is 0 Å². The lowest BCUT2D eigenvalue weighted by Crippen LogP contribution is -2.44. The molecule has 3 unspecified atom stereocenters. The number of rotatable bonds is 9. The summed E-state index contributed by atoms with van der Waals surface area (Å²) in [5.74, 6) is 0.113. The minimum Gasteiger partial charge on any atom is -0.445 e. The molecule has 7 heteroatoms. The Morgan fingerprint density at radius 1 is 1.00 bits per heavy atom. The maximum atomic E-state index is 13.2. The number of carbonyl (C=O) groups excluding carboxylic acids is 2. The number of nitrogens with two attached hydrogens (primary N) is 1. The molecule has 7 nitrogen and oxygen atoms in total. The molecule has 0 saturated heterocycles. The molecular weight excluding hydrogens is 452 g/mol. The van der Waals surface area contributed by atoms with Crippen LogP contribution in [0.15, 0.2) is 85.1 Å². The molecule has 0 radical (unpaired) electrons. The third-order valence-electron chi connectivity index (χ3n) is 6.64. The molecule has 1 heterocycles. The summed E-state index contributed by atoms with van der Waals surface area (Å²) in [5.41, 5.74) is 10.8. The zero-order chi connectivity index (χ0) is 24.9. The molecule has 2 amide bonds. The zero-order valence-electron chi connectivity index (χ0n) is 19.9. The van der Waals surface area contributed by atoms with Gasteiger partial charge in [-0.3, -0.25) is 4.79 Å². The van der Waals surface area contributed by atoms with Gasteiger partial charge in [0.15, 0.2) is 0 Å². The van der Waals surface area contributed by atoms with Crippen molar-refractivity contribution in [3.63, 3.8) is 0 Å². The summed E-state index contributed by atoms with van der Waals surface area (Å²) < 4.78 is 5.38. The predicted molar refractivity (Wildman–Crippen MR) is 141 cm³/mol. The van der Waals surface area contributed by atoms with Gasteiger partial charge in [0.05, 0.1) is 0 Å². The van der Waals surface area contributed by atoms with Crippen molar-refractivity contribution in [2.75, 3.05) is 5.32 Å². The van der Waals surface area contributed by atoms with Gasteiger partial charge in [0.2, 0.25) is 5.91 Å². The van der Waals surface area contributed by atoms with Crippen LogP contribution in [-0.4, -0.2) is 29.1 Å². The zero-order valence-corrected chi connectivity index (χ0v) is 19.9. The summed E-state index contributed by atoms with van der Waals surface area (Å²) in [4.78, 5) is 29.1. The van der Waals surface area contributed by atoms with Crippen molar-refractivity contribution < 1.29 is 14.3 Å². The molecule has 184 valence electrons. The Labute approximate surface area is 210 Å². The number of anilines is 1. The Balaban J connectivity index is 1.25. The Morgan fingerprint density at radius 2 is 1.72 bits per heavy atom. The highest BCUT2D eigenvalue weighted by atomic mass is 16.5. The van der Waals surface area contributed by atoms with Crippen molar-refractivity contribution in [3.05, 3.63) is 102 Å². The number of aromatic amines is 1. The number of para-hydroxylation sites is 1. The van der Waals surface area contributed by atoms with E-state index in [1.807, 2.05) is 85.1 Å². The number of fused-ring (bicyclic) bond motifs is 1. The first kappa shape index (κ1) is 23.6. The predicted octanol–water partition coefficient (Wildman–Crippen LogP) is 4.85. The number of H-pyrrole nitrogens is 1. The highest BCUT2D eigenvalue weighted by Crippen LogP contribution is 2.39. The molecule has 5 N–H and O–H groups in total. The number of carbonyl (C=O) groups is 2. The number of benzene rings is 3. The molecule has 1 aliphatic carbocycles. The van der Waals surface area contributed by atoms with Crippen LogP contribution in [-0.2, 0) is 22.6 Å². The van der Waals surface area contributed by atoms with Crippen molar-refractivity contribution in [2.45, 2.75) is 43.9 Å². The lowest BCUT2D eigenvalue weighted by molar-refractivity contribution is -0.118. The van der Waals surface area contributed by atoms with E-state index in [2.05, 4.69) is 15.6 Å². The Hall–Kier alpha value is -4.10. The molecule has 1 fully saturated rings. The number of hydrogen-bond acceptors (Lipinski definition) is 4. The van der Waals surface area contributed by atoms with E-state index in [1.165, 1.54) is 5.56 Å². The minimum atomic E-state index is -0.765. The normalized spacial score (nSPS) is 17.4. The van der Waals surface area contributed by atoms with E-state index >= 15 is 0 Å². The quantitative estimate of drug-likeness (QED) is 0.273. The lowest BCUT2D eigenvalue weighted by atomic mass is 10.0. The van der Waals surface area contributed by atoms with Crippen LogP contribution < -0.4 is 16.4 Å². The molecular formula is C29H30N4O3. The fourth-order valence-electron chi connectivity index (χ4n) is 4.46. The lowest BCUT2D eigenvalue weighted by Gasteiger charge is -2.18. The standard InChI is InChI=1S/C29H30N4O3/c30-25-16-24(25)20-10-13-22(14-11-20)32-28(34)27(33-29(35)36-18-19-6-2-1-3-7-19)15-12-21-17-31-26-9-5-4-8-23(21)26/h1-11,13-14,17,24-25,27,31H,12,15-16,18,30H2,(H,32,34)(H,33,35). The van der Waals surface area contributed by atoms with Gasteiger partial charge in [-0.05, 0) is 54.2 Å². The fraction of sp³-hybridized carbons (Fsp3) is 0.241. The van der Waals surface area contributed by atoms with Crippen LogP contribution in [0.4, 0.5) is 10.5 Å². The summed E-state index contributed by atoms with van der Waals surface area (Å²) >= 11 is 0. The van der Waals surface area contributed by atoms with Crippen molar-refractivity contribution >= 4 is 28.6 Å². The van der Waals surface area contributed by atoms with E-state index in [1.54, 1.807) is 0 Å². The van der Waals surface area contributed by atoms with Gasteiger partial charge in [-0.1, -0.05) is 60.7 Å². The Morgan fingerprint density at radius 3 is 2.47 bits per heavy atom. The summed E-state index contributed by atoms with van der Waals surface area (Å²) in [6.07, 6.45) is 3.35. The van der Waals surface area contributed by atoms with E-state index in [-0.39, 0.29) is 18.6 Å². The maximum absolute atomic E-state index is 13.2. The average molecular weight is 483 g/mol. The van der Waals surface area contributed by atoms with Gasteiger partial charge in [-0.2, -0.15) is 0 Å². The Kier molecular flexibility index (Phi) is 7.00. The van der Waals surface area contributed by atoms with Crippen LogP contribution in [0.1, 0.15) is 35.4 Å². The number of amides is 2. The van der Waals surface area contributed by atoms with Crippen LogP contribution >= 0.6 is 0 Å². The maximum Gasteiger partial charge on any atom is 0.408 e. The van der Waals surface area contributed by atoms with Gasteiger partial charge >= 0.3 is 6.09 Å². The number of hydrogen-bond donors (Lipinski definition) is 4. The molecule has 0 aliphatic heterocycles. The topological polar surface area (TPSA) is 109 Å². The van der Waals surface area contributed by atoms with Crippen LogP contribution in [0.3, 0.4) is 0 Å². The minimum absolute atomic E-state index is 0.133. The van der Waals surface area contributed by atoms with Crippen molar-refractivity contribution in [2.24, 2.45) is 5.73 Å². The van der Waals surface area contributed by atoms with E-state index in [0.717, 1.165) is 28.5 Å². The number of nitrogens with one attached hydrogen (secondary N) is 3. The summed E-state index contributed by atoms with van der Waals surface area (Å²) in [5, 5.41) is 6.81. The van der Waals surface area contributed by atoms with Gasteiger partial charge in [0.25, 0.3) is 0 Å². The molecule has 36 heavy (non-hydrogen) atoms. The van der Waals surface area contributed by atoms with E-state index in [0.29, 0.717) is 24.4 Å². The number of ether oxygens (including phenoxy) is 1. The SMILES string of the molecule is NC1CC1c1ccc(NC(=O)C(CCc2c[nH]c3ccccc23)NC(=O)OCc2ccccc2)cc1. The molecule has 3 atom stereocenters. The van der Waals surface area contributed by atoms with Crippen molar-refractivity contribution in [1.29, 1.82) is 0 Å². The number of alkyl carbamates (subject to hydrolysis) is 1. The van der Waals surface area contributed by atoms with Gasteiger partial charge in [0, 0.05) is 34.7 Å². The third kappa shape index (κ3) is 5.75. The average Bonchev–Trinajstić information content (AvgIpc) is 3.49. The summed E-state index contributed by atoms with van der Waals surface area (Å²) in [6.45, 7) is 0.133. The van der Waals surface area contributed by atoms with Crippen molar-refractivity contribution in [1.82, 2.24) is 10.3 Å². The van der Waals surface area contributed by atoms with E-state index < -0.39 is 12.1 Å².